The summed E-state index contributed by atoms with van der Waals surface area (Å²) in [6.07, 6.45) is 1.15. The summed E-state index contributed by atoms with van der Waals surface area (Å²) in [5, 5.41) is 15.5. The molecule has 0 aliphatic rings. The van der Waals surface area contributed by atoms with Crippen LogP contribution in [0.3, 0.4) is 0 Å². The quantitative estimate of drug-likeness (QED) is 0.350. The lowest BCUT2D eigenvalue weighted by atomic mass is 9.93. The number of carbonyl (C=O) groups is 3. The highest BCUT2D eigenvalue weighted by Gasteiger charge is 2.42. The zero-order chi connectivity index (χ0) is 29.4. The molecule has 8 nitrogen and oxygen atoms in total. The third kappa shape index (κ3) is 9.93. The molecule has 0 saturated carbocycles. The monoisotopic (exact) mass is 539 g/mol. The Balaban J connectivity index is 2.58. The van der Waals surface area contributed by atoms with Gasteiger partial charge in [0.05, 0.1) is 0 Å². The maximum atomic E-state index is 14.4. The molecule has 39 heavy (non-hydrogen) atoms. The Labute approximate surface area is 233 Å². The number of phenolic OH excluding ortho intramolecular Hbond substituents is 1. The van der Waals surface area contributed by atoms with Crippen LogP contribution in [0.5, 0.6) is 5.75 Å². The summed E-state index contributed by atoms with van der Waals surface area (Å²) >= 11 is 0. The lowest BCUT2D eigenvalue weighted by Gasteiger charge is -2.43. The van der Waals surface area contributed by atoms with Crippen LogP contribution in [-0.2, 0) is 20.7 Å². The van der Waals surface area contributed by atoms with Crippen molar-refractivity contribution in [2.45, 2.75) is 97.9 Å². The van der Waals surface area contributed by atoms with Crippen molar-refractivity contribution in [2.75, 3.05) is 6.54 Å². The number of hydrogen-bond donors (Lipinski definition) is 3. The number of nitrogens with zero attached hydrogens (tertiary/aromatic N) is 1. The fourth-order valence-corrected chi connectivity index (χ4v) is 4.27. The Hall–Kier alpha value is -3.55. The molecule has 0 saturated heterocycles. The van der Waals surface area contributed by atoms with Gasteiger partial charge in [-0.05, 0) is 78.1 Å². The summed E-state index contributed by atoms with van der Waals surface area (Å²) in [5.74, 6) is -0.599. The first kappa shape index (κ1) is 31.7. The third-order valence-electron chi connectivity index (χ3n) is 6.02. The summed E-state index contributed by atoms with van der Waals surface area (Å²) in [4.78, 5) is 42.5. The van der Waals surface area contributed by atoms with Gasteiger partial charge in [-0.25, -0.2) is 4.79 Å². The summed E-state index contributed by atoms with van der Waals surface area (Å²) in [7, 11) is 0. The topological polar surface area (TPSA) is 108 Å². The van der Waals surface area contributed by atoms with E-state index in [2.05, 4.69) is 10.6 Å². The Kier molecular flexibility index (Phi) is 11.0. The molecule has 0 heterocycles. The molecule has 2 aromatic carbocycles. The third-order valence-corrected chi connectivity index (χ3v) is 6.02. The van der Waals surface area contributed by atoms with Crippen LogP contribution in [-0.4, -0.2) is 51.6 Å². The van der Waals surface area contributed by atoms with E-state index in [0.717, 1.165) is 24.0 Å². The highest BCUT2D eigenvalue weighted by atomic mass is 16.6. The van der Waals surface area contributed by atoms with Gasteiger partial charge in [-0.2, -0.15) is 0 Å². The van der Waals surface area contributed by atoms with Crippen molar-refractivity contribution in [2.24, 2.45) is 0 Å². The number of alkyl carbamates (subject to hydrolysis) is 1. The second-order valence-corrected chi connectivity index (χ2v) is 11.9. The van der Waals surface area contributed by atoms with E-state index < -0.39 is 35.2 Å². The van der Waals surface area contributed by atoms with Gasteiger partial charge >= 0.3 is 6.09 Å². The van der Waals surface area contributed by atoms with Crippen LogP contribution in [0.25, 0.3) is 0 Å². The van der Waals surface area contributed by atoms with Crippen molar-refractivity contribution in [3.8, 4) is 5.75 Å². The van der Waals surface area contributed by atoms with Gasteiger partial charge < -0.3 is 25.4 Å². The predicted octanol–water partition coefficient (Wildman–Crippen LogP) is 5.42. The summed E-state index contributed by atoms with van der Waals surface area (Å²) in [6, 6.07) is 12.1. The van der Waals surface area contributed by atoms with E-state index in [1.165, 1.54) is 12.1 Å². The van der Waals surface area contributed by atoms with Gasteiger partial charge in [-0.3, -0.25) is 9.59 Å². The molecule has 0 aromatic heterocycles. The maximum Gasteiger partial charge on any atom is 0.408 e. The first-order valence-electron chi connectivity index (χ1n) is 13.6. The Morgan fingerprint density at radius 1 is 1.00 bits per heavy atom. The smallest absolute Gasteiger partial charge is 0.408 e. The SMILES string of the molecule is CCCCNC(=O)C(c1cccc(C)c1)N(C(=O)C(Cc1ccc(O)cc1)NC(=O)OC(C)(C)C)C(C)(C)C. The minimum Gasteiger partial charge on any atom is -0.508 e. The van der Waals surface area contributed by atoms with Gasteiger partial charge in [-0.1, -0.05) is 55.3 Å². The van der Waals surface area contributed by atoms with E-state index in [-0.39, 0.29) is 18.1 Å². The molecule has 8 heteroatoms. The fourth-order valence-electron chi connectivity index (χ4n) is 4.27. The van der Waals surface area contributed by atoms with Crippen molar-refractivity contribution in [3.63, 3.8) is 0 Å². The number of aromatic hydroxyl groups is 1. The van der Waals surface area contributed by atoms with Crippen LogP contribution in [0.1, 0.15) is 84.0 Å². The van der Waals surface area contributed by atoms with Crippen LogP contribution in [0.4, 0.5) is 4.79 Å². The molecule has 0 aliphatic heterocycles. The van der Waals surface area contributed by atoms with E-state index in [4.69, 9.17) is 4.74 Å². The summed E-state index contributed by atoms with van der Waals surface area (Å²) in [5.41, 5.74) is 0.843. The first-order valence-corrected chi connectivity index (χ1v) is 13.6. The van der Waals surface area contributed by atoms with Gasteiger partial charge in [0.1, 0.15) is 23.4 Å². The van der Waals surface area contributed by atoms with Crippen molar-refractivity contribution >= 4 is 17.9 Å². The summed E-state index contributed by atoms with van der Waals surface area (Å²) in [6.45, 7) is 15.4. The molecule has 2 atom stereocenters. The zero-order valence-electron chi connectivity index (χ0n) is 24.6. The van der Waals surface area contributed by atoms with E-state index in [1.807, 2.05) is 58.9 Å². The van der Waals surface area contributed by atoms with E-state index in [0.29, 0.717) is 12.1 Å². The van der Waals surface area contributed by atoms with Crippen molar-refractivity contribution < 1.29 is 24.2 Å². The zero-order valence-corrected chi connectivity index (χ0v) is 24.6. The number of phenols is 1. The molecule has 0 spiro atoms. The van der Waals surface area contributed by atoms with Gasteiger partial charge in [0.2, 0.25) is 11.8 Å². The van der Waals surface area contributed by atoms with Crippen molar-refractivity contribution in [1.82, 2.24) is 15.5 Å². The predicted molar refractivity (Wildman–Crippen MR) is 153 cm³/mol. The number of nitrogens with one attached hydrogen (secondary N) is 2. The van der Waals surface area contributed by atoms with Gasteiger partial charge in [0.15, 0.2) is 0 Å². The minimum absolute atomic E-state index is 0.0984. The van der Waals surface area contributed by atoms with E-state index >= 15 is 0 Å². The molecule has 0 radical (unpaired) electrons. The second kappa shape index (κ2) is 13.5. The minimum atomic E-state index is -1.03. The van der Waals surface area contributed by atoms with Crippen molar-refractivity contribution in [3.05, 3.63) is 65.2 Å². The molecule has 2 rings (SSSR count). The van der Waals surface area contributed by atoms with Crippen LogP contribution in [0.15, 0.2) is 48.5 Å². The van der Waals surface area contributed by atoms with E-state index in [1.54, 1.807) is 37.8 Å². The molecule has 3 amide bonds. The standard InChI is InChI=1S/C31H45N3O5/c1-9-10-18-32-27(36)26(23-13-11-12-21(2)19-23)34(30(3,4)5)28(37)25(33-29(38)39-31(6,7)8)20-22-14-16-24(35)17-15-22/h11-17,19,25-26,35H,9-10,18,20H2,1-8H3,(H,32,36)(H,33,38). The number of carbonyl (C=O) groups excluding carboxylic acids is 3. The first-order chi connectivity index (χ1) is 18.1. The number of benzene rings is 2. The number of aryl methyl sites for hydroxylation is 1. The molecule has 214 valence electrons. The molecule has 0 bridgehead atoms. The Morgan fingerprint density at radius 2 is 1.64 bits per heavy atom. The Morgan fingerprint density at radius 3 is 2.18 bits per heavy atom. The van der Waals surface area contributed by atoms with Gasteiger partial charge in [0.25, 0.3) is 0 Å². The number of rotatable bonds is 10. The lowest BCUT2D eigenvalue weighted by molar-refractivity contribution is -0.148. The second-order valence-electron chi connectivity index (χ2n) is 11.9. The number of ether oxygens (including phenoxy) is 1. The molecular formula is C31H45N3O5. The largest absolute Gasteiger partial charge is 0.508 e. The molecule has 0 fully saturated rings. The van der Waals surface area contributed by atoms with Crippen LogP contribution >= 0.6 is 0 Å². The average Bonchev–Trinajstić information content (AvgIpc) is 2.81. The molecule has 3 N–H and O–H groups in total. The number of amides is 3. The lowest BCUT2D eigenvalue weighted by Crippen LogP contribution is -2.59. The van der Waals surface area contributed by atoms with Gasteiger partial charge in [-0.15, -0.1) is 0 Å². The highest BCUT2D eigenvalue weighted by molar-refractivity contribution is 5.92. The van der Waals surface area contributed by atoms with E-state index in [9.17, 15) is 19.5 Å². The number of hydrogen-bond acceptors (Lipinski definition) is 5. The average molecular weight is 540 g/mol. The molecule has 0 aliphatic carbocycles. The maximum absolute atomic E-state index is 14.4. The number of unbranched alkanes of at least 4 members (excludes halogenated alkanes) is 1. The van der Waals surface area contributed by atoms with Gasteiger partial charge in [0, 0.05) is 18.5 Å². The van der Waals surface area contributed by atoms with Crippen LogP contribution in [0, 0.1) is 6.92 Å². The fraction of sp³-hybridized carbons (Fsp3) is 0.516. The van der Waals surface area contributed by atoms with Crippen molar-refractivity contribution in [1.29, 1.82) is 0 Å². The van der Waals surface area contributed by atoms with Crippen LogP contribution in [0.2, 0.25) is 0 Å². The molecule has 2 unspecified atom stereocenters. The molecular weight excluding hydrogens is 494 g/mol. The summed E-state index contributed by atoms with van der Waals surface area (Å²) < 4.78 is 5.47. The highest BCUT2D eigenvalue weighted by Crippen LogP contribution is 2.31. The Bertz CT molecular complexity index is 1120. The normalized spacial score (nSPS) is 13.2. The molecule has 2 aromatic rings. The van der Waals surface area contributed by atoms with Crippen LogP contribution < -0.4 is 10.6 Å².